The largest absolute Gasteiger partial charge is 0.481 e. The second-order valence-corrected chi connectivity index (χ2v) is 11.5. The maximum absolute atomic E-state index is 16.2. The molecule has 3 aliphatic carbocycles. The third-order valence-corrected chi connectivity index (χ3v) is 9.22. The minimum Gasteiger partial charge on any atom is -0.481 e. The first-order valence-corrected chi connectivity index (χ1v) is 13.7. The standard InChI is InChI=1S/C27H22ClFN6O2S/c28-18-11-31-26-22(32-18)15(10-30-26)24-34-23(17-9-14-3-1-2-4-16(14)38-17)20(29)25(35-24)33-21-13-7-5-12(6-8-13)19(21)27(36)37/h1-4,9-13,19,21H,5-8H2,(H,30,31)(H,36,37)(H,33,34,35)/t12?,13?,19-,21-/m0/s1. The summed E-state index contributed by atoms with van der Waals surface area (Å²) in [5.74, 6) is -1.58. The Labute approximate surface area is 225 Å². The molecule has 2 bridgehead atoms. The number of hydrogen-bond acceptors (Lipinski definition) is 7. The first-order chi connectivity index (χ1) is 18.5. The van der Waals surface area contributed by atoms with E-state index in [1.165, 1.54) is 17.5 Å². The van der Waals surface area contributed by atoms with Crippen LogP contribution in [0.5, 0.6) is 0 Å². The number of nitrogens with zero attached hydrogens (tertiary/aromatic N) is 4. The minimum absolute atomic E-state index is 0.00408. The molecule has 0 saturated heterocycles. The van der Waals surface area contributed by atoms with Crippen molar-refractivity contribution < 1.29 is 14.3 Å². The Morgan fingerprint density at radius 1 is 1.13 bits per heavy atom. The number of H-pyrrole nitrogens is 1. The number of anilines is 1. The fourth-order valence-corrected chi connectivity index (χ4v) is 7.32. The molecule has 5 aromatic rings. The van der Waals surface area contributed by atoms with Crippen molar-refractivity contribution in [1.82, 2.24) is 24.9 Å². The van der Waals surface area contributed by atoms with Gasteiger partial charge in [0, 0.05) is 16.9 Å². The second kappa shape index (κ2) is 8.99. The van der Waals surface area contributed by atoms with Gasteiger partial charge in [0.1, 0.15) is 16.4 Å². The number of aliphatic carboxylic acids is 1. The van der Waals surface area contributed by atoms with Crippen molar-refractivity contribution in [1.29, 1.82) is 0 Å². The summed E-state index contributed by atoms with van der Waals surface area (Å²) in [6.07, 6.45) is 6.74. The van der Waals surface area contributed by atoms with E-state index < -0.39 is 23.7 Å². The molecule has 0 unspecified atom stereocenters. The molecule has 192 valence electrons. The molecule has 4 aromatic heterocycles. The van der Waals surface area contributed by atoms with E-state index in [1.807, 2.05) is 30.3 Å². The van der Waals surface area contributed by atoms with Gasteiger partial charge in [0.25, 0.3) is 0 Å². The Morgan fingerprint density at radius 2 is 1.92 bits per heavy atom. The highest BCUT2D eigenvalue weighted by Crippen LogP contribution is 2.47. The molecule has 8 nitrogen and oxygen atoms in total. The number of rotatable bonds is 5. The van der Waals surface area contributed by atoms with Crippen LogP contribution >= 0.6 is 22.9 Å². The molecule has 3 fully saturated rings. The number of thiophene rings is 1. The summed E-state index contributed by atoms with van der Waals surface area (Å²) in [6.45, 7) is 0. The summed E-state index contributed by atoms with van der Waals surface area (Å²) in [5.41, 5.74) is 1.65. The van der Waals surface area contributed by atoms with Crippen LogP contribution in [0.25, 0.3) is 43.2 Å². The van der Waals surface area contributed by atoms with Gasteiger partial charge in [0.15, 0.2) is 23.1 Å². The average molecular weight is 549 g/mol. The van der Waals surface area contributed by atoms with Crippen LogP contribution in [0.3, 0.4) is 0 Å². The van der Waals surface area contributed by atoms with Crippen LogP contribution in [0.15, 0.2) is 42.7 Å². The van der Waals surface area contributed by atoms with E-state index in [4.69, 9.17) is 11.6 Å². The van der Waals surface area contributed by atoms with Crippen molar-refractivity contribution in [2.45, 2.75) is 31.7 Å². The fourth-order valence-electron chi connectivity index (χ4n) is 6.14. The van der Waals surface area contributed by atoms with E-state index in [0.717, 1.165) is 35.8 Å². The fraction of sp³-hybridized carbons (Fsp3) is 0.296. The van der Waals surface area contributed by atoms with Crippen LogP contribution < -0.4 is 5.32 Å². The number of halogens is 2. The van der Waals surface area contributed by atoms with Crippen molar-refractivity contribution in [2.75, 3.05) is 5.32 Å². The Balaban J connectivity index is 1.40. The molecule has 11 heteroatoms. The first-order valence-electron chi connectivity index (χ1n) is 12.5. The van der Waals surface area contributed by atoms with Gasteiger partial charge in [-0.25, -0.2) is 24.3 Å². The number of carboxylic acid groups (broad SMARTS) is 1. The van der Waals surface area contributed by atoms with E-state index in [0.29, 0.717) is 21.6 Å². The number of hydrogen-bond donors (Lipinski definition) is 3. The number of fused-ring (bicyclic) bond motifs is 5. The van der Waals surface area contributed by atoms with Crippen molar-refractivity contribution in [2.24, 2.45) is 17.8 Å². The Kier molecular flexibility index (Phi) is 5.55. The Hall–Kier alpha value is -3.63. The lowest BCUT2D eigenvalue weighted by atomic mass is 9.61. The lowest BCUT2D eigenvalue weighted by Crippen LogP contribution is -2.51. The number of aromatic amines is 1. The molecule has 0 spiro atoms. The summed E-state index contributed by atoms with van der Waals surface area (Å²) in [7, 11) is 0. The van der Waals surface area contributed by atoms with E-state index in [-0.39, 0.29) is 34.3 Å². The molecule has 3 N–H and O–H groups in total. The summed E-state index contributed by atoms with van der Waals surface area (Å²) in [5, 5.41) is 14.5. The number of carbonyl (C=O) groups is 1. The summed E-state index contributed by atoms with van der Waals surface area (Å²) in [6, 6.07) is 9.33. The van der Waals surface area contributed by atoms with Crippen molar-refractivity contribution in [3.63, 3.8) is 0 Å². The van der Waals surface area contributed by atoms with Gasteiger partial charge < -0.3 is 15.4 Å². The van der Waals surface area contributed by atoms with Gasteiger partial charge in [-0.15, -0.1) is 11.3 Å². The van der Waals surface area contributed by atoms with Crippen molar-refractivity contribution >= 4 is 56.0 Å². The lowest BCUT2D eigenvalue weighted by Gasteiger charge is -2.47. The van der Waals surface area contributed by atoms with E-state index in [9.17, 15) is 9.90 Å². The van der Waals surface area contributed by atoms with E-state index in [1.54, 1.807) is 6.20 Å². The highest BCUT2D eigenvalue weighted by atomic mass is 35.5. The molecule has 1 aromatic carbocycles. The topological polar surface area (TPSA) is 117 Å². The number of nitrogens with one attached hydrogen (secondary N) is 2. The molecule has 8 rings (SSSR count). The molecule has 3 aliphatic rings. The predicted octanol–water partition coefficient (Wildman–Crippen LogP) is 6.39. The lowest BCUT2D eigenvalue weighted by molar-refractivity contribution is -0.148. The predicted molar refractivity (Wildman–Crippen MR) is 145 cm³/mol. The molecular weight excluding hydrogens is 527 g/mol. The van der Waals surface area contributed by atoms with Crippen molar-refractivity contribution in [3.05, 3.63) is 53.7 Å². The zero-order valence-electron chi connectivity index (χ0n) is 20.0. The van der Waals surface area contributed by atoms with E-state index in [2.05, 4.69) is 30.2 Å². The first kappa shape index (κ1) is 23.5. The summed E-state index contributed by atoms with van der Waals surface area (Å²) in [4.78, 5) is 33.9. The molecule has 3 saturated carbocycles. The third-order valence-electron chi connectivity index (χ3n) is 7.91. The zero-order chi connectivity index (χ0) is 26.0. The quantitative estimate of drug-likeness (QED) is 0.233. The van der Waals surface area contributed by atoms with Gasteiger partial charge in [-0.2, -0.15) is 0 Å². The van der Waals surface area contributed by atoms with Crippen LogP contribution in [0.1, 0.15) is 25.7 Å². The molecule has 0 amide bonds. The SMILES string of the molecule is O=C(O)[C@H]1C2CCC(CC2)[C@@H]1Nc1nc(-c2c[nH]c3ncc(Cl)nc23)nc(-c2cc3ccccc3s2)c1F. The van der Waals surface area contributed by atoms with Gasteiger partial charge in [0.05, 0.1) is 22.6 Å². The molecule has 2 atom stereocenters. The average Bonchev–Trinajstić information content (AvgIpc) is 3.54. The van der Waals surface area contributed by atoms with Gasteiger partial charge in [-0.05, 0) is 55.0 Å². The number of aromatic nitrogens is 5. The molecular formula is C27H22ClFN6O2S. The van der Waals surface area contributed by atoms with Crippen LogP contribution in [0.4, 0.5) is 10.2 Å². The Morgan fingerprint density at radius 3 is 2.71 bits per heavy atom. The van der Waals surface area contributed by atoms with Gasteiger partial charge in [0.2, 0.25) is 0 Å². The van der Waals surface area contributed by atoms with Crippen LogP contribution in [-0.4, -0.2) is 42.0 Å². The Bertz CT molecular complexity index is 1680. The summed E-state index contributed by atoms with van der Waals surface area (Å²) >= 11 is 7.56. The van der Waals surface area contributed by atoms with Gasteiger partial charge in [-0.3, -0.25) is 4.79 Å². The molecule has 0 radical (unpaired) electrons. The molecule has 4 heterocycles. The monoisotopic (exact) mass is 548 g/mol. The number of benzene rings is 1. The zero-order valence-corrected chi connectivity index (χ0v) is 21.6. The van der Waals surface area contributed by atoms with E-state index >= 15 is 4.39 Å². The molecule has 38 heavy (non-hydrogen) atoms. The van der Waals surface area contributed by atoms with Gasteiger partial charge in [-0.1, -0.05) is 29.8 Å². The van der Waals surface area contributed by atoms with Crippen molar-refractivity contribution in [3.8, 4) is 22.0 Å². The van der Waals surface area contributed by atoms with Crippen LogP contribution in [0.2, 0.25) is 5.15 Å². The molecule has 0 aliphatic heterocycles. The highest BCUT2D eigenvalue weighted by Gasteiger charge is 2.47. The maximum atomic E-state index is 16.2. The highest BCUT2D eigenvalue weighted by molar-refractivity contribution is 7.22. The normalized spacial score (nSPS) is 22.8. The number of carboxylic acids is 1. The van der Waals surface area contributed by atoms with Crippen LogP contribution in [0, 0.1) is 23.6 Å². The second-order valence-electron chi connectivity index (χ2n) is 10.0. The smallest absolute Gasteiger partial charge is 0.308 e. The maximum Gasteiger partial charge on any atom is 0.308 e. The van der Waals surface area contributed by atoms with Crippen LogP contribution in [-0.2, 0) is 4.79 Å². The van der Waals surface area contributed by atoms with Gasteiger partial charge >= 0.3 is 5.97 Å². The third kappa shape index (κ3) is 3.82. The summed E-state index contributed by atoms with van der Waals surface area (Å²) < 4.78 is 17.2. The minimum atomic E-state index is -0.849.